The van der Waals surface area contributed by atoms with Crippen molar-refractivity contribution in [3.05, 3.63) is 78.1 Å². The van der Waals surface area contributed by atoms with Gasteiger partial charge in [-0.15, -0.1) is 5.10 Å². The second-order valence-corrected chi connectivity index (χ2v) is 6.24. The van der Waals surface area contributed by atoms with Crippen LogP contribution in [0.5, 0.6) is 0 Å². The number of aromatic amines is 1. The molecule has 0 amide bonds. The third-order valence-corrected chi connectivity index (χ3v) is 4.28. The van der Waals surface area contributed by atoms with Crippen LogP contribution in [0.25, 0.3) is 22.4 Å². The molecule has 0 saturated heterocycles. The van der Waals surface area contributed by atoms with Gasteiger partial charge in [-0.3, -0.25) is 5.10 Å². The molecule has 138 valence electrons. The Labute approximate surface area is 158 Å². The summed E-state index contributed by atoms with van der Waals surface area (Å²) in [6.45, 7) is 0. The molecule has 3 heterocycles. The van der Waals surface area contributed by atoms with Gasteiger partial charge in [0.1, 0.15) is 11.5 Å². The van der Waals surface area contributed by atoms with E-state index >= 15 is 0 Å². The number of fused-ring (bicyclic) bond motifs is 1. The largest absolute Gasteiger partial charge is 0.463 e. The number of furan rings is 1. The molecule has 0 fully saturated rings. The van der Waals surface area contributed by atoms with Gasteiger partial charge in [-0.25, -0.2) is 4.39 Å². The van der Waals surface area contributed by atoms with Gasteiger partial charge >= 0.3 is 6.01 Å². The van der Waals surface area contributed by atoms with Gasteiger partial charge in [-0.05, 0) is 48.0 Å². The third-order valence-electron chi connectivity index (χ3n) is 4.28. The molecule has 28 heavy (non-hydrogen) atoms. The van der Waals surface area contributed by atoms with Crippen molar-refractivity contribution in [3.8, 4) is 11.5 Å². The summed E-state index contributed by atoms with van der Waals surface area (Å²) in [5.41, 5.74) is 3.14. The van der Waals surface area contributed by atoms with Crippen LogP contribution in [0.2, 0.25) is 0 Å². The zero-order chi connectivity index (χ0) is 18.9. The first-order valence-corrected chi connectivity index (χ1v) is 8.60. The number of nitrogens with zero attached hydrogens (tertiary/aromatic N) is 3. The Morgan fingerprint density at radius 3 is 2.86 bits per heavy atom. The Bertz CT molecular complexity index is 1240. The molecule has 0 atom stereocenters. The number of aromatic nitrogens is 4. The topological polar surface area (TPSA) is 92.8 Å². The molecule has 3 aromatic heterocycles. The quantitative estimate of drug-likeness (QED) is 0.463. The van der Waals surface area contributed by atoms with Crippen molar-refractivity contribution >= 4 is 22.6 Å². The van der Waals surface area contributed by atoms with Crippen molar-refractivity contribution in [2.75, 3.05) is 5.32 Å². The van der Waals surface area contributed by atoms with Crippen molar-refractivity contribution in [1.29, 1.82) is 0 Å². The zero-order valence-electron chi connectivity index (χ0n) is 14.5. The molecule has 0 spiro atoms. The lowest BCUT2D eigenvalue weighted by molar-refractivity contribution is 0.520. The number of nitrogens with one attached hydrogen (secondary N) is 2. The summed E-state index contributed by atoms with van der Waals surface area (Å²) in [4.78, 5) is 0. The van der Waals surface area contributed by atoms with E-state index in [1.165, 1.54) is 12.1 Å². The predicted molar refractivity (Wildman–Crippen MR) is 101 cm³/mol. The molecule has 0 unspecified atom stereocenters. The van der Waals surface area contributed by atoms with Gasteiger partial charge in [0.05, 0.1) is 18.2 Å². The highest BCUT2D eigenvalue weighted by molar-refractivity contribution is 5.94. The van der Waals surface area contributed by atoms with Crippen molar-refractivity contribution in [2.45, 2.75) is 6.42 Å². The molecule has 2 aromatic carbocycles. The molecular weight excluding hydrogens is 361 g/mol. The number of H-pyrrole nitrogens is 1. The molecule has 0 aliphatic carbocycles. The van der Waals surface area contributed by atoms with E-state index in [-0.39, 0.29) is 11.8 Å². The molecule has 5 aromatic rings. The number of benzene rings is 2. The van der Waals surface area contributed by atoms with Crippen LogP contribution in [-0.4, -0.2) is 20.4 Å². The minimum atomic E-state index is -0.295. The maximum absolute atomic E-state index is 13.3. The SMILES string of the molecule is Fc1cccc(Cc2nnc(Nc3ccc4[nH]nc(-c5ccco5)c4c3)o2)c1. The lowest BCUT2D eigenvalue weighted by atomic mass is 10.1. The van der Waals surface area contributed by atoms with E-state index in [9.17, 15) is 4.39 Å². The summed E-state index contributed by atoms with van der Waals surface area (Å²) >= 11 is 0. The Morgan fingerprint density at radius 2 is 2.00 bits per heavy atom. The lowest BCUT2D eigenvalue weighted by Crippen LogP contribution is -1.90. The van der Waals surface area contributed by atoms with Crippen molar-refractivity contribution < 1.29 is 13.2 Å². The minimum absolute atomic E-state index is 0.258. The van der Waals surface area contributed by atoms with Crippen LogP contribution in [0.4, 0.5) is 16.1 Å². The van der Waals surface area contributed by atoms with Crippen LogP contribution in [0, 0.1) is 5.82 Å². The molecule has 5 rings (SSSR count). The summed E-state index contributed by atoms with van der Waals surface area (Å²) in [7, 11) is 0. The highest BCUT2D eigenvalue weighted by atomic mass is 19.1. The number of hydrogen-bond donors (Lipinski definition) is 2. The molecule has 0 radical (unpaired) electrons. The second-order valence-electron chi connectivity index (χ2n) is 6.24. The number of hydrogen-bond acceptors (Lipinski definition) is 6. The van der Waals surface area contributed by atoms with Gasteiger partial charge in [-0.1, -0.05) is 17.2 Å². The monoisotopic (exact) mass is 375 g/mol. The maximum atomic E-state index is 13.3. The second kappa shape index (κ2) is 6.66. The first-order valence-electron chi connectivity index (χ1n) is 8.60. The van der Waals surface area contributed by atoms with Crippen LogP contribution in [0.1, 0.15) is 11.5 Å². The molecule has 8 heteroatoms. The molecule has 0 bridgehead atoms. The van der Waals surface area contributed by atoms with E-state index in [1.54, 1.807) is 12.3 Å². The highest BCUT2D eigenvalue weighted by Crippen LogP contribution is 2.29. The Balaban J connectivity index is 1.38. The highest BCUT2D eigenvalue weighted by Gasteiger charge is 2.13. The van der Waals surface area contributed by atoms with Crippen LogP contribution < -0.4 is 5.32 Å². The summed E-state index contributed by atoms with van der Waals surface area (Å²) in [5, 5.41) is 19.3. The normalized spacial score (nSPS) is 11.2. The first-order chi connectivity index (χ1) is 13.7. The fourth-order valence-electron chi connectivity index (χ4n) is 3.01. The summed E-state index contributed by atoms with van der Waals surface area (Å²) in [5.74, 6) is 0.781. The number of anilines is 2. The Morgan fingerprint density at radius 1 is 1.04 bits per heavy atom. The number of rotatable bonds is 5. The third kappa shape index (κ3) is 3.11. The Hall–Kier alpha value is -3.94. The molecule has 2 N–H and O–H groups in total. The minimum Gasteiger partial charge on any atom is -0.463 e. The van der Waals surface area contributed by atoms with Gasteiger partial charge in [0.15, 0.2) is 5.76 Å². The van der Waals surface area contributed by atoms with E-state index in [1.807, 2.05) is 36.4 Å². The smallest absolute Gasteiger partial charge is 0.320 e. The zero-order valence-corrected chi connectivity index (χ0v) is 14.5. The maximum Gasteiger partial charge on any atom is 0.320 e. The molecule has 0 aliphatic heterocycles. The summed E-state index contributed by atoms with van der Waals surface area (Å²) < 4.78 is 24.4. The van der Waals surface area contributed by atoms with Crippen LogP contribution in [0.3, 0.4) is 0 Å². The van der Waals surface area contributed by atoms with Crippen molar-refractivity contribution in [3.63, 3.8) is 0 Å². The van der Waals surface area contributed by atoms with Gasteiger partial charge in [0.25, 0.3) is 0 Å². The average Bonchev–Trinajstić information content (AvgIpc) is 3.42. The first kappa shape index (κ1) is 16.2. The van der Waals surface area contributed by atoms with Crippen LogP contribution in [-0.2, 0) is 6.42 Å². The molecular formula is C20H14FN5O2. The van der Waals surface area contributed by atoms with E-state index in [0.29, 0.717) is 18.1 Å². The van der Waals surface area contributed by atoms with Crippen molar-refractivity contribution in [2.24, 2.45) is 0 Å². The van der Waals surface area contributed by atoms with Crippen molar-refractivity contribution in [1.82, 2.24) is 20.4 Å². The standard InChI is InChI=1S/C20H14FN5O2/c21-13-4-1-3-12(9-13)10-18-24-26-20(28-18)22-14-6-7-16-15(11-14)19(25-23-16)17-5-2-8-27-17/h1-9,11H,10H2,(H,22,26)(H,23,25). The molecule has 0 saturated carbocycles. The fraction of sp³-hybridized carbons (Fsp3) is 0.0500. The van der Waals surface area contributed by atoms with Gasteiger partial charge < -0.3 is 14.2 Å². The molecule has 0 aliphatic rings. The van der Waals surface area contributed by atoms with E-state index in [0.717, 1.165) is 27.8 Å². The van der Waals surface area contributed by atoms with Gasteiger partial charge in [0, 0.05) is 11.1 Å². The predicted octanol–water partition coefficient (Wildman–Crippen LogP) is 4.68. The van der Waals surface area contributed by atoms with Gasteiger partial charge in [0.2, 0.25) is 5.89 Å². The van der Waals surface area contributed by atoms with Crippen LogP contribution >= 0.6 is 0 Å². The van der Waals surface area contributed by atoms with Crippen LogP contribution in [0.15, 0.2) is 69.7 Å². The molecule has 7 nitrogen and oxygen atoms in total. The van der Waals surface area contributed by atoms with E-state index in [4.69, 9.17) is 8.83 Å². The summed E-state index contributed by atoms with van der Waals surface area (Å²) in [6.07, 6.45) is 1.96. The average molecular weight is 375 g/mol. The van der Waals surface area contributed by atoms with E-state index in [2.05, 4.69) is 25.7 Å². The Kier molecular flexibility index (Phi) is 3.86. The number of halogens is 1. The van der Waals surface area contributed by atoms with Gasteiger partial charge in [-0.2, -0.15) is 5.10 Å². The van der Waals surface area contributed by atoms with E-state index < -0.39 is 0 Å². The fourth-order valence-corrected chi connectivity index (χ4v) is 3.01. The lowest BCUT2D eigenvalue weighted by Gasteiger charge is -2.02. The summed E-state index contributed by atoms with van der Waals surface area (Å²) in [6, 6.07) is 15.9.